The molecule has 1 atom stereocenters. The number of carbonyl (C=O) groups excluding carboxylic acids is 1. The second-order valence-corrected chi connectivity index (χ2v) is 6.38. The minimum Gasteiger partial charge on any atom is -0.470 e. The van der Waals surface area contributed by atoms with Crippen molar-refractivity contribution in [2.75, 3.05) is 13.1 Å². The Labute approximate surface area is 160 Å². The van der Waals surface area contributed by atoms with Gasteiger partial charge in [0.1, 0.15) is 18.8 Å². The third-order valence-corrected chi connectivity index (χ3v) is 4.58. The van der Waals surface area contributed by atoms with Gasteiger partial charge in [-0.15, -0.1) is 5.10 Å². The van der Waals surface area contributed by atoms with Crippen molar-refractivity contribution in [1.82, 2.24) is 35.1 Å². The number of ether oxygens (including phenoxy) is 1. The zero-order valence-corrected chi connectivity index (χ0v) is 15.2. The topological polar surface area (TPSA) is 98.9 Å². The second-order valence-electron chi connectivity index (χ2n) is 6.38. The fourth-order valence-corrected chi connectivity index (χ4v) is 3.13. The normalized spacial score (nSPS) is 16.4. The number of halogens is 1. The smallest absolute Gasteiger partial charge is 0.254 e. The Morgan fingerprint density at radius 1 is 1.36 bits per heavy atom. The molecule has 0 spiro atoms. The summed E-state index contributed by atoms with van der Waals surface area (Å²) in [4.78, 5) is 22.3. The predicted octanol–water partition coefficient (Wildman–Crippen LogP) is 1.45. The SMILES string of the molecule is CCc1ncnc(O[C@@H]2CCN(C(=O)c3cccc(-n4cnnn4)c3)C2)c1F. The number of aryl methyl sites for hydroxylation is 1. The summed E-state index contributed by atoms with van der Waals surface area (Å²) in [6.07, 6.45) is 3.49. The van der Waals surface area contributed by atoms with Gasteiger partial charge in [-0.05, 0) is 35.0 Å². The lowest BCUT2D eigenvalue weighted by molar-refractivity contribution is 0.0770. The number of carbonyl (C=O) groups is 1. The van der Waals surface area contributed by atoms with Crippen LogP contribution in [0, 0.1) is 5.82 Å². The molecule has 0 aliphatic carbocycles. The molecule has 10 heteroatoms. The maximum atomic E-state index is 14.3. The molecule has 28 heavy (non-hydrogen) atoms. The number of aromatic nitrogens is 6. The zero-order chi connectivity index (χ0) is 19.5. The Morgan fingerprint density at radius 2 is 2.25 bits per heavy atom. The van der Waals surface area contributed by atoms with E-state index in [1.807, 2.05) is 13.0 Å². The second kappa shape index (κ2) is 7.67. The predicted molar refractivity (Wildman–Crippen MR) is 95.5 cm³/mol. The minimum atomic E-state index is -0.538. The molecule has 1 aliphatic rings. The van der Waals surface area contributed by atoms with Crippen molar-refractivity contribution in [3.05, 3.63) is 54.0 Å². The van der Waals surface area contributed by atoms with Gasteiger partial charge >= 0.3 is 0 Å². The summed E-state index contributed by atoms with van der Waals surface area (Å²) in [6, 6.07) is 7.05. The maximum Gasteiger partial charge on any atom is 0.254 e. The first kappa shape index (κ1) is 18.0. The van der Waals surface area contributed by atoms with E-state index in [0.29, 0.717) is 42.9 Å². The molecule has 9 nitrogen and oxygen atoms in total. The first-order valence-corrected chi connectivity index (χ1v) is 8.94. The highest BCUT2D eigenvalue weighted by atomic mass is 19.1. The fourth-order valence-electron chi connectivity index (χ4n) is 3.13. The van der Waals surface area contributed by atoms with E-state index in [2.05, 4.69) is 25.5 Å². The van der Waals surface area contributed by atoms with Crippen molar-refractivity contribution >= 4 is 5.91 Å². The number of tetrazole rings is 1. The van der Waals surface area contributed by atoms with Crippen molar-refractivity contribution in [1.29, 1.82) is 0 Å². The van der Waals surface area contributed by atoms with Gasteiger partial charge in [0.15, 0.2) is 0 Å². The van der Waals surface area contributed by atoms with Crippen LogP contribution in [0.3, 0.4) is 0 Å². The van der Waals surface area contributed by atoms with Crippen LogP contribution < -0.4 is 4.74 Å². The van der Waals surface area contributed by atoms with Crippen molar-refractivity contribution in [3.63, 3.8) is 0 Å². The lowest BCUT2D eigenvalue weighted by Crippen LogP contribution is -2.31. The number of benzene rings is 1. The summed E-state index contributed by atoms with van der Waals surface area (Å²) in [6.45, 7) is 2.69. The lowest BCUT2D eigenvalue weighted by Gasteiger charge is -2.17. The fraction of sp³-hybridized carbons (Fsp3) is 0.333. The van der Waals surface area contributed by atoms with E-state index in [4.69, 9.17) is 4.74 Å². The van der Waals surface area contributed by atoms with Crippen molar-refractivity contribution in [2.45, 2.75) is 25.9 Å². The zero-order valence-electron chi connectivity index (χ0n) is 15.2. The number of hydrogen-bond acceptors (Lipinski definition) is 7. The van der Waals surface area contributed by atoms with Crippen LogP contribution in [0.2, 0.25) is 0 Å². The molecule has 1 saturated heterocycles. The highest BCUT2D eigenvalue weighted by Crippen LogP contribution is 2.22. The Balaban J connectivity index is 1.44. The summed E-state index contributed by atoms with van der Waals surface area (Å²) < 4.78 is 21.5. The van der Waals surface area contributed by atoms with E-state index in [1.54, 1.807) is 23.1 Å². The maximum absolute atomic E-state index is 14.3. The summed E-state index contributed by atoms with van der Waals surface area (Å²) in [5.74, 6) is -0.728. The van der Waals surface area contributed by atoms with E-state index >= 15 is 0 Å². The highest BCUT2D eigenvalue weighted by molar-refractivity contribution is 5.95. The van der Waals surface area contributed by atoms with Crippen LogP contribution in [0.1, 0.15) is 29.4 Å². The average molecular weight is 383 g/mol. The number of likely N-dealkylation sites (tertiary alicyclic amines) is 1. The first-order chi connectivity index (χ1) is 13.7. The van der Waals surface area contributed by atoms with E-state index < -0.39 is 5.82 Å². The molecule has 0 N–H and O–H groups in total. The molecule has 3 aromatic rings. The lowest BCUT2D eigenvalue weighted by atomic mass is 10.2. The number of amides is 1. The quantitative estimate of drug-likeness (QED) is 0.657. The van der Waals surface area contributed by atoms with Gasteiger partial charge in [0.05, 0.1) is 17.9 Å². The van der Waals surface area contributed by atoms with Crippen molar-refractivity contribution in [2.24, 2.45) is 0 Å². The third-order valence-electron chi connectivity index (χ3n) is 4.58. The van der Waals surface area contributed by atoms with Crippen molar-refractivity contribution in [3.8, 4) is 11.6 Å². The minimum absolute atomic E-state index is 0.0631. The van der Waals surface area contributed by atoms with Gasteiger partial charge < -0.3 is 9.64 Å². The Morgan fingerprint density at radius 3 is 3.04 bits per heavy atom. The van der Waals surface area contributed by atoms with Crippen LogP contribution >= 0.6 is 0 Å². The molecule has 0 saturated carbocycles. The summed E-state index contributed by atoms with van der Waals surface area (Å²) in [7, 11) is 0. The standard InChI is InChI=1S/C18H18FN7O2/c1-2-15-16(19)17(21-10-20-15)28-14-6-7-25(9-14)18(27)12-4-3-5-13(8-12)26-11-22-23-24-26/h3-5,8,10-11,14H,2,6-7,9H2,1H3/t14-/m1/s1. The van der Waals surface area contributed by atoms with Crippen molar-refractivity contribution < 1.29 is 13.9 Å². The van der Waals surface area contributed by atoms with Crippen LogP contribution in [0.25, 0.3) is 5.69 Å². The average Bonchev–Trinajstić information content (AvgIpc) is 3.41. The Hall–Kier alpha value is -3.43. The Kier molecular flexibility index (Phi) is 4.92. The molecular weight excluding hydrogens is 365 g/mol. The molecule has 1 aliphatic heterocycles. The summed E-state index contributed by atoms with van der Waals surface area (Å²) in [5.41, 5.74) is 1.53. The summed E-state index contributed by atoms with van der Waals surface area (Å²) in [5, 5.41) is 11.0. The number of nitrogens with zero attached hydrogens (tertiary/aromatic N) is 7. The van der Waals surface area contributed by atoms with Crippen LogP contribution in [0.4, 0.5) is 4.39 Å². The van der Waals surface area contributed by atoms with E-state index in [9.17, 15) is 9.18 Å². The van der Waals surface area contributed by atoms with Gasteiger partial charge in [-0.2, -0.15) is 9.37 Å². The van der Waals surface area contributed by atoms with Gasteiger partial charge in [-0.3, -0.25) is 4.79 Å². The van der Waals surface area contributed by atoms with Crippen LogP contribution in [-0.2, 0) is 6.42 Å². The molecule has 0 radical (unpaired) electrons. The highest BCUT2D eigenvalue weighted by Gasteiger charge is 2.29. The molecule has 2 aromatic heterocycles. The van der Waals surface area contributed by atoms with Crippen LogP contribution in [-0.4, -0.2) is 60.2 Å². The van der Waals surface area contributed by atoms with Gasteiger partial charge in [0, 0.05) is 18.5 Å². The van der Waals surface area contributed by atoms with Gasteiger partial charge in [0.25, 0.3) is 11.8 Å². The largest absolute Gasteiger partial charge is 0.470 e. The molecule has 4 rings (SSSR count). The van der Waals surface area contributed by atoms with E-state index in [1.165, 1.54) is 17.3 Å². The molecule has 1 amide bonds. The van der Waals surface area contributed by atoms with Gasteiger partial charge in [0.2, 0.25) is 5.82 Å². The molecule has 144 valence electrons. The van der Waals surface area contributed by atoms with Gasteiger partial charge in [-0.1, -0.05) is 13.0 Å². The number of hydrogen-bond donors (Lipinski definition) is 0. The molecule has 3 heterocycles. The molecule has 0 unspecified atom stereocenters. The third kappa shape index (κ3) is 3.53. The van der Waals surface area contributed by atoms with E-state index in [-0.39, 0.29) is 17.9 Å². The monoisotopic (exact) mass is 383 g/mol. The van der Waals surface area contributed by atoms with Gasteiger partial charge in [-0.25, -0.2) is 9.67 Å². The first-order valence-electron chi connectivity index (χ1n) is 8.94. The molecule has 0 bridgehead atoms. The van der Waals surface area contributed by atoms with Crippen LogP contribution in [0.15, 0.2) is 36.9 Å². The summed E-state index contributed by atoms with van der Waals surface area (Å²) >= 11 is 0. The Bertz CT molecular complexity index is 980. The molecular formula is C18H18FN7O2. The molecule has 1 aromatic carbocycles. The number of rotatable bonds is 5. The molecule has 1 fully saturated rings. The van der Waals surface area contributed by atoms with Crippen LogP contribution in [0.5, 0.6) is 5.88 Å². The van der Waals surface area contributed by atoms with E-state index in [0.717, 1.165) is 0 Å².